The van der Waals surface area contributed by atoms with Crippen LogP contribution in [0.25, 0.3) is 0 Å². The van der Waals surface area contributed by atoms with Gasteiger partial charge in [-0.1, -0.05) is 29.8 Å². The number of H-pyrrole nitrogens is 1. The summed E-state index contributed by atoms with van der Waals surface area (Å²) >= 11 is 0. The maximum atomic E-state index is 11.7. The van der Waals surface area contributed by atoms with Crippen molar-refractivity contribution in [2.24, 2.45) is 0 Å². The number of aromatic amines is 1. The van der Waals surface area contributed by atoms with E-state index in [0.29, 0.717) is 18.2 Å². The molecule has 2 N–H and O–H groups in total. The van der Waals surface area contributed by atoms with Gasteiger partial charge in [0.1, 0.15) is 5.82 Å². The lowest BCUT2D eigenvalue weighted by atomic mass is 10.1. The minimum absolute atomic E-state index is 0.0745. The molecule has 0 radical (unpaired) electrons. The normalized spacial score (nSPS) is 10.3. The van der Waals surface area contributed by atoms with Crippen molar-refractivity contribution in [2.45, 2.75) is 26.7 Å². The number of nitrogens with zero attached hydrogens (tertiary/aromatic N) is 2. The third kappa shape index (κ3) is 3.41. The van der Waals surface area contributed by atoms with Crippen molar-refractivity contribution in [1.29, 1.82) is 0 Å². The monoisotopic (exact) mass is 244 g/mol. The van der Waals surface area contributed by atoms with E-state index in [0.717, 1.165) is 12.0 Å². The lowest BCUT2D eigenvalue weighted by Crippen LogP contribution is -2.13. The van der Waals surface area contributed by atoms with Gasteiger partial charge in [0.25, 0.3) is 0 Å². The molecule has 94 valence electrons. The summed E-state index contributed by atoms with van der Waals surface area (Å²) in [6, 6.07) is 8.18. The standard InChI is InChI=1S/C13H16N4O/c1-9-3-5-11(6-4-9)7-8-12(18)15-13-14-10(2)16-17-13/h3-6H,7-8H2,1-2H3,(H2,14,15,16,17,18). The molecule has 1 aromatic carbocycles. The van der Waals surface area contributed by atoms with Crippen LogP contribution in [0.1, 0.15) is 23.4 Å². The summed E-state index contributed by atoms with van der Waals surface area (Å²) in [5.74, 6) is 0.944. The molecular weight excluding hydrogens is 228 g/mol. The second-order valence-electron chi connectivity index (χ2n) is 4.28. The summed E-state index contributed by atoms with van der Waals surface area (Å²) in [5, 5.41) is 9.18. The van der Waals surface area contributed by atoms with Crippen molar-refractivity contribution >= 4 is 11.9 Å². The first-order chi connectivity index (χ1) is 8.63. The zero-order chi connectivity index (χ0) is 13.0. The second-order valence-corrected chi connectivity index (χ2v) is 4.28. The van der Waals surface area contributed by atoms with Crippen LogP contribution >= 0.6 is 0 Å². The van der Waals surface area contributed by atoms with Crippen LogP contribution in [0.2, 0.25) is 0 Å². The van der Waals surface area contributed by atoms with Gasteiger partial charge < -0.3 is 0 Å². The Hall–Kier alpha value is -2.17. The number of rotatable bonds is 4. The van der Waals surface area contributed by atoms with Gasteiger partial charge in [0.2, 0.25) is 11.9 Å². The quantitative estimate of drug-likeness (QED) is 0.864. The number of benzene rings is 1. The number of hydrogen-bond donors (Lipinski definition) is 2. The van der Waals surface area contributed by atoms with Crippen molar-refractivity contribution in [3.63, 3.8) is 0 Å². The highest BCUT2D eigenvalue weighted by molar-refractivity contribution is 5.88. The van der Waals surface area contributed by atoms with Gasteiger partial charge in [-0.3, -0.25) is 15.2 Å². The van der Waals surface area contributed by atoms with Crippen LogP contribution in [0.5, 0.6) is 0 Å². The smallest absolute Gasteiger partial charge is 0.248 e. The fourth-order valence-electron chi connectivity index (χ4n) is 1.60. The van der Waals surface area contributed by atoms with E-state index in [2.05, 4.69) is 20.5 Å². The third-order valence-electron chi connectivity index (χ3n) is 2.61. The fraction of sp³-hybridized carbons (Fsp3) is 0.308. The van der Waals surface area contributed by atoms with Crippen molar-refractivity contribution in [1.82, 2.24) is 15.2 Å². The Kier molecular flexibility index (Phi) is 3.72. The third-order valence-corrected chi connectivity index (χ3v) is 2.61. The largest absolute Gasteiger partial charge is 0.293 e. The molecule has 0 aliphatic carbocycles. The molecular formula is C13H16N4O. The van der Waals surface area contributed by atoms with Gasteiger partial charge >= 0.3 is 0 Å². The van der Waals surface area contributed by atoms with E-state index in [1.807, 2.05) is 31.2 Å². The summed E-state index contributed by atoms with van der Waals surface area (Å²) in [4.78, 5) is 15.7. The molecule has 5 nitrogen and oxygen atoms in total. The number of hydrogen-bond acceptors (Lipinski definition) is 3. The minimum Gasteiger partial charge on any atom is -0.293 e. The van der Waals surface area contributed by atoms with Crippen LogP contribution < -0.4 is 5.32 Å². The zero-order valence-electron chi connectivity index (χ0n) is 10.5. The molecule has 0 bridgehead atoms. The number of aromatic nitrogens is 3. The maximum Gasteiger partial charge on any atom is 0.248 e. The SMILES string of the molecule is Cc1ccc(CCC(=O)Nc2n[nH]c(C)n2)cc1. The molecule has 0 saturated heterocycles. The molecule has 18 heavy (non-hydrogen) atoms. The van der Waals surface area contributed by atoms with Crippen LogP contribution in [0, 0.1) is 13.8 Å². The van der Waals surface area contributed by atoms with E-state index in [4.69, 9.17) is 0 Å². The number of carbonyl (C=O) groups is 1. The predicted molar refractivity (Wildman–Crippen MR) is 69.2 cm³/mol. The van der Waals surface area contributed by atoms with Gasteiger partial charge in [-0.2, -0.15) is 4.98 Å². The average Bonchev–Trinajstić information content (AvgIpc) is 2.74. The lowest BCUT2D eigenvalue weighted by Gasteiger charge is -2.02. The Balaban J connectivity index is 1.83. The first-order valence-electron chi connectivity index (χ1n) is 5.88. The Morgan fingerprint density at radius 2 is 2.00 bits per heavy atom. The number of carbonyl (C=O) groups excluding carboxylic acids is 1. The highest BCUT2D eigenvalue weighted by Crippen LogP contribution is 2.06. The molecule has 5 heteroatoms. The van der Waals surface area contributed by atoms with Gasteiger partial charge in [-0.15, -0.1) is 5.10 Å². The van der Waals surface area contributed by atoms with Crippen LogP contribution in [-0.2, 0) is 11.2 Å². The minimum atomic E-state index is -0.0745. The molecule has 0 aliphatic rings. The van der Waals surface area contributed by atoms with E-state index < -0.39 is 0 Å². The summed E-state index contributed by atoms with van der Waals surface area (Å²) < 4.78 is 0. The maximum absolute atomic E-state index is 11.7. The van der Waals surface area contributed by atoms with E-state index in [1.165, 1.54) is 5.56 Å². The van der Waals surface area contributed by atoms with Crippen molar-refractivity contribution in [3.05, 3.63) is 41.2 Å². The van der Waals surface area contributed by atoms with E-state index in [1.54, 1.807) is 6.92 Å². The summed E-state index contributed by atoms with van der Waals surface area (Å²) in [5.41, 5.74) is 2.38. The molecule has 1 heterocycles. The Bertz CT molecular complexity index is 530. The Labute approximate surface area is 106 Å². The first-order valence-corrected chi connectivity index (χ1v) is 5.88. The summed E-state index contributed by atoms with van der Waals surface area (Å²) in [7, 11) is 0. The van der Waals surface area contributed by atoms with Crippen LogP contribution in [0.4, 0.5) is 5.95 Å². The molecule has 0 atom stereocenters. The Morgan fingerprint density at radius 1 is 1.28 bits per heavy atom. The summed E-state index contributed by atoms with van der Waals surface area (Å²) in [6.45, 7) is 3.83. The van der Waals surface area contributed by atoms with Crippen LogP contribution in [0.15, 0.2) is 24.3 Å². The van der Waals surface area contributed by atoms with Crippen LogP contribution in [-0.4, -0.2) is 21.1 Å². The first kappa shape index (κ1) is 12.3. The van der Waals surface area contributed by atoms with E-state index in [9.17, 15) is 4.79 Å². The van der Waals surface area contributed by atoms with E-state index in [-0.39, 0.29) is 5.91 Å². The highest BCUT2D eigenvalue weighted by atomic mass is 16.1. The van der Waals surface area contributed by atoms with Crippen molar-refractivity contribution in [2.75, 3.05) is 5.32 Å². The average molecular weight is 244 g/mol. The number of aryl methyl sites for hydroxylation is 3. The number of amides is 1. The molecule has 1 amide bonds. The number of anilines is 1. The van der Waals surface area contributed by atoms with Crippen LogP contribution in [0.3, 0.4) is 0 Å². The van der Waals surface area contributed by atoms with Gasteiger partial charge in [0.05, 0.1) is 0 Å². The van der Waals surface area contributed by atoms with E-state index >= 15 is 0 Å². The molecule has 2 rings (SSSR count). The Morgan fingerprint density at radius 3 is 2.61 bits per heavy atom. The number of nitrogens with one attached hydrogen (secondary N) is 2. The van der Waals surface area contributed by atoms with Gasteiger partial charge in [-0.25, -0.2) is 0 Å². The van der Waals surface area contributed by atoms with Gasteiger partial charge in [0.15, 0.2) is 0 Å². The lowest BCUT2D eigenvalue weighted by molar-refractivity contribution is -0.116. The van der Waals surface area contributed by atoms with Crippen molar-refractivity contribution < 1.29 is 4.79 Å². The zero-order valence-corrected chi connectivity index (χ0v) is 10.5. The predicted octanol–water partition coefficient (Wildman–Crippen LogP) is 1.99. The molecule has 0 unspecified atom stereocenters. The molecule has 0 saturated carbocycles. The fourth-order valence-corrected chi connectivity index (χ4v) is 1.60. The van der Waals surface area contributed by atoms with Gasteiger partial charge in [0, 0.05) is 6.42 Å². The molecule has 1 aromatic heterocycles. The topological polar surface area (TPSA) is 70.7 Å². The summed E-state index contributed by atoms with van der Waals surface area (Å²) in [6.07, 6.45) is 1.15. The van der Waals surface area contributed by atoms with Crippen molar-refractivity contribution in [3.8, 4) is 0 Å². The molecule has 0 aliphatic heterocycles. The molecule has 0 spiro atoms. The second kappa shape index (κ2) is 5.44. The molecule has 2 aromatic rings. The molecule has 0 fully saturated rings. The highest BCUT2D eigenvalue weighted by Gasteiger charge is 2.06. The van der Waals surface area contributed by atoms with Gasteiger partial charge in [-0.05, 0) is 25.8 Å².